The Labute approximate surface area is 89.2 Å². The molecule has 1 rings (SSSR count). The standard InChI is InChI=1S/C9H11ClN2.ClH/c10-6-9(11)12-7-8-4-2-1-3-5-8;/h1-5H,6-7H2,(H2,11,12);1H. The molecule has 13 heavy (non-hydrogen) atoms. The molecule has 4 heteroatoms. The van der Waals surface area contributed by atoms with E-state index in [1.807, 2.05) is 30.3 Å². The quantitative estimate of drug-likeness (QED) is 0.472. The third-order valence-corrected chi connectivity index (χ3v) is 1.72. The second kappa shape index (κ2) is 6.75. The second-order valence-electron chi connectivity index (χ2n) is 2.43. The van der Waals surface area contributed by atoms with Crippen LogP contribution in [-0.4, -0.2) is 11.7 Å². The van der Waals surface area contributed by atoms with Gasteiger partial charge in [0, 0.05) is 0 Å². The Morgan fingerprint density at radius 3 is 2.46 bits per heavy atom. The van der Waals surface area contributed by atoms with Crippen molar-refractivity contribution in [2.24, 2.45) is 10.7 Å². The molecule has 0 aromatic heterocycles. The largest absolute Gasteiger partial charge is 0.386 e. The van der Waals surface area contributed by atoms with Crippen molar-refractivity contribution < 1.29 is 0 Å². The summed E-state index contributed by atoms with van der Waals surface area (Å²) in [5.74, 6) is 0.785. The molecule has 0 atom stereocenters. The Hall–Kier alpha value is -0.730. The fourth-order valence-electron chi connectivity index (χ4n) is 0.819. The van der Waals surface area contributed by atoms with Gasteiger partial charge >= 0.3 is 0 Å². The van der Waals surface area contributed by atoms with Crippen molar-refractivity contribution in [2.45, 2.75) is 6.54 Å². The van der Waals surface area contributed by atoms with Gasteiger partial charge < -0.3 is 5.73 Å². The topological polar surface area (TPSA) is 38.4 Å². The van der Waals surface area contributed by atoms with Crippen molar-refractivity contribution >= 4 is 29.8 Å². The van der Waals surface area contributed by atoms with Crippen LogP contribution in [0.5, 0.6) is 0 Å². The number of hydrogen-bond acceptors (Lipinski definition) is 1. The summed E-state index contributed by atoms with van der Waals surface area (Å²) < 4.78 is 0. The highest BCUT2D eigenvalue weighted by molar-refractivity contribution is 6.27. The van der Waals surface area contributed by atoms with E-state index in [2.05, 4.69) is 4.99 Å². The maximum Gasteiger partial charge on any atom is 0.109 e. The molecule has 2 nitrogen and oxygen atoms in total. The van der Waals surface area contributed by atoms with Crippen molar-refractivity contribution in [3.05, 3.63) is 35.9 Å². The van der Waals surface area contributed by atoms with Gasteiger partial charge in [0.05, 0.1) is 12.4 Å². The predicted octanol–water partition coefficient (Wildman–Crippen LogP) is 2.20. The first kappa shape index (κ1) is 12.3. The number of alkyl halides is 1. The maximum atomic E-state index is 5.46. The number of hydrogen-bond donors (Lipinski definition) is 1. The van der Waals surface area contributed by atoms with E-state index in [-0.39, 0.29) is 12.4 Å². The number of rotatable bonds is 3. The average Bonchev–Trinajstić information content (AvgIpc) is 2.16. The molecular formula is C9H12Cl2N2. The zero-order valence-corrected chi connectivity index (χ0v) is 8.68. The van der Waals surface area contributed by atoms with Gasteiger partial charge in [-0.05, 0) is 5.56 Å². The van der Waals surface area contributed by atoms with Crippen LogP contribution < -0.4 is 5.73 Å². The summed E-state index contributed by atoms with van der Waals surface area (Å²) in [5, 5.41) is 0. The number of benzene rings is 1. The third kappa shape index (κ3) is 4.76. The molecule has 0 bridgehead atoms. The molecule has 0 aliphatic heterocycles. The lowest BCUT2D eigenvalue weighted by atomic mass is 10.2. The van der Waals surface area contributed by atoms with Gasteiger partial charge in [-0.3, -0.25) is 4.99 Å². The van der Waals surface area contributed by atoms with Gasteiger partial charge in [-0.15, -0.1) is 24.0 Å². The monoisotopic (exact) mass is 218 g/mol. The van der Waals surface area contributed by atoms with Crippen LogP contribution in [0.3, 0.4) is 0 Å². The summed E-state index contributed by atoms with van der Waals surface area (Å²) in [7, 11) is 0. The molecule has 0 saturated heterocycles. The zero-order valence-electron chi connectivity index (χ0n) is 7.11. The lowest BCUT2D eigenvalue weighted by Crippen LogP contribution is -2.13. The summed E-state index contributed by atoms with van der Waals surface area (Å²) in [6.45, 7) is 0.611. The fraction of sp³-hybridized carbons (Fsp3) is 0.222. The van der Waals surface area contributed by atoms with Gasteiger partial charge in [0.2, 0.25) is 0 Å². The van der Waals surface area contributed by atoms with E-state index in [1.165, 1.54) is 0 Å². The first-order valence-corrected chi connectivity index (χ1v) is 4.25. The molecule has 0 unspecified atom stereocenters. The lowest BCUT2D eigenvalue weighted by Gasteiger charge is -1.96. The van der Waals surface area contributed by atoms with E-state index in [0.717, 1.165) is 5.56 Å². The highest BCUT2D eigenvalue weighted by Gasteiger charge is 1.89. The summed E-state index contributed by atoms with van der Waals surface area (Å²) in [4.78, 5) is 4.08. The third-order valence-electron chi connectivity index (χ3n) is 1.44. The van der Waals surface area contributed by atoms with Crippen LogP contribution in [0.4, 0.5) is 0 Å². The summed E-state index contributed by atoms with van der Waals surface area (Å²) in [6, 6.07) is 9.93. The number of nitrogens with two attached hydrogens (primary N) is 1. The molecule has 1 aromatic carbocycles. The Balaban J connectivity index is 0.00000144. The molecule has 0 aliphatic rings. The van der Waals surface area contributed by atoms with E-state index >= 15 is 0 Å². The highest BCUT2D eigenvalue weighted by Crippen LogP contribution is 1.99. The van der Waals surface area contributed by atoms with Crippen LogP contribution in [-0.2, 0) is 6.54 Å². The predicted molar refractivity (Wildman–Crippen MR) is 59.7 cm³/mol. The van der Waals surface area contributed by atoms with Crippen LogP contribution in [0.25, 0.3) is 0 Å². The minimum atomic E-state index is 0. The van der Waals surface area contributed by atoms with Gasteiger partial charge in [0.1, 0.15) is 5.84 Å². The van der Waals surface area contributed by atoms with Crippen molar-refractivity contribution in [1.29, 1.82) is 0 Å². The van der Waals surface area contributed by atoms with Crippen molar-refractivity contribution in [3.63, 3.8) is 0 Å². The van der Waals surface area contributed by atoms with Crippen molar-refractivity contribution in [3.8, 4) is 0 Å². The molecule has 1 aromatic rings. The number of aliphatic imine (C=N–C) groups is 1. The van der Waals surface area contributed by atoms with Crippen LogP contribution in [0, 0.1) is 0 Å². The lowest BCUT2D eigenvalue weighted by molar-refractivity contribution is 1.06. The summed E-state index contributed by atoms with van der Waals surface area (Å²) >= 11 is 5.46. The number of halogens is 2. The van der Waals surface area contributed by atoms with Gasteiger partial charge in [-0.25, -0.2) is 0 Å². The van der Waals surface area contributed by atoms with E-state index in [0.29, 0.717) is 18.3 Å². The minimum absolute atomic E-state index is 0. The summed E-state index contributed by atoms with van der Waals surface area (Å²) in [6.07, 6.45) is 0. The Kier molecular flexibility index (Phi) is 6.37. The molecular weight excluding hydrogens is 207 g/mol. The van der Waals surface area contributed by atoms with E-state index in [1.54, 1.807) is 0 Å². The Morgan fingerprint density at radius 1 is 1.31 bits per heavy atom. The number of nitrogens with zero attached hydrogens (tertiary/aromatic N) is 1. The smallest absolute Gasteiger partial charge is 0.109 e. The van der Waals surface area contributed by atoms with Crippen LogP contribution in [0.2, 0.25) is 0 Å². The Bertz CT molecular complexity index is 260. The van der Waals surface area contributed by atoms with Gasteiger partial charge in [-0.1, -0.05) is 30.3 Å². The average molecular weight is 219 g/mol. The first-order valence-electron chi connectivity index (χ1n) is 3.71. The molecule has 2 N–H and O–H groups in total. The molecule has 0 amide bonds. The van der Waals surface area contributed by atoms with Crippen LogP contribution in [0.1, 0.15) is 5.56 Å². The number of amidine groups is 1. The van der Waals surface area contributed by atoms with Gasteiger partial charge in [0.25, 0.3) is 0 Å². The van der Waals surface area contributed by atoms with Crippen molar-refractivity contribution in [2.75, 3.05) is 5.88 Å². The first-order chi connectivity index (χ1) is 5.83. The molecule has 0 fully saturated rings. The minimum Gasteiger partial charge on any atom is -0.386 e. The van der Waals surface area contributed by atoms with Gasteiger partial charge in [0.15, 0.2) is 0 Å². The molecule has 0 saturated carbocycles. The van der Waals surface area contributed by atoms with E-state index < -0.39 is 0 Å². The van der Waals surface area contributed by atoms with E-state index in [4.69, 9.17) is 17.3 Å². The van der Waals surface area contributed by atoms with E-state index in [9.17, 15) is 0 Å². The normalized spacial score (nSPS) is 10.7. The summed E-state index contributed by atoms with van der Waals surface area (Å²) in [5.41, 5.74) is 6.58. The maximum absolute atomic E-state index is 5.46. The highest BCUT2D eigenvalue weighted by atomic mass is 35.5. The molecule has 0 aliphatic carbocycles. The molecule has 0 spiro atoms. The van der Waals surface area contributed by atoms with Crippen LogP contribution in [0.15, 0.2) is 35.3 Å². The fourth-order valence-corrected chi connectivity index (χ4v) is 0.903. The second-order valence-corrected chi connectivity index (χ2v) is 2.69. The molecule has 0 radical (unpaired) electrons. The van der Waals surface area contributed by atoms with Crippen LogP contribution >= 0.6 is 24.0 Å². The molecule has 0 heterocycles. The van der Waals surface area contributed by atoms with Gasteiger partial charge in [-0.2, -0.15) is 0 Å². The Morgan fingerprint density at radius 2 is 1.92 bits per heavy atom. The zero-order chi connectivity index (χ0) is 8.81. The SMILES string of the molecule is Cl.NC(CCl)=NCc1ccccc1. The van der Waals surface area contributed by atoms with Crippen molar-refractivity contribution in [1.82, 2.24) is 0 Å². The molecule has 72 valence electrons.